The third kappa shape index (κ3) is 2.09. The van der Waals surface area contributed by atoms with Crippen molar-refractivity contribution < 1.29 is 9.59 Å². The van der Waals surface area contributed by atoms with Crippen LogP contribution in [-0.4, -0.2) is 28.8 Å². The summed E-state index contributed by atoms with van der Waals surface area (Å²) in [5.41, 5.74) is 0.287. The highest BCUT2D eigenvalue weighted by atomic mass is 32.1. The van der Waals surface area contributed by atoms with Crippen molar-refractivity contribution in [3.05, 3.63) is 22.4 Å². The first-order valence-corrected chi connectivity index (χ1v) is 6.05. The average Bonchev–Trinajstić information content (AvgIpc) is 2.65. The standard InChI is InChI=1S/C11H14N2O2S/c1-11(2)10(15)13(6-9(14)12-11)5-8-3-4-16-7-8/h3-4,7H,5-6H2,1-2H3,(H,12,14). The number of carbonyl (C=O) groups excluding carboxylic acids is 2. The van der Waals surface area contributed by atoms with Gasteiger partial charge in [-0.2, -0.15) is 11.3 Å². The molecule has 0 radical (unpaired) electrons. The molecule has 5 heteroatoms. The van der Waals surface area contributed by atoms with E-state index in [1.807, 2.05) is 16.8 Å². The summed E-state index contributed by atoms with van der Waals surface area (Å²) in [4.78, 5) is 25.1. The number of thiophene rings is 1. The smallest absolute Gasteiger partial charge is 0.248 e. The van der Waals surface area contributed by atoms with Crippen molar-refractivity contribution in [3.8, 4) is 0 Å². The monoisotopic (exact) mass is 238 g/mol. The van der Waals surface area contributed by atoms with Crippen LogP contribution in [0.4, 0.5) is 0 Å². The molecule has 1 aromatic rings. The predicted molar refractivity (Wildman–Crippen MR) is 62.0 cm³/mol. The molecule has 1 saturated heterocycles. The summed E-state index contributed by atoms with van der Waals surface area (Å²) in [7, 11) is 0. The number of hydrogen-bond donors (Lipinski definition) is 1. The number of nitrogens with zero attached hydrogens (tertiary/aromatic N) is 1. The van der Waals surface area contributed by atoms with E-state index in [0.29, 0.717) is 6.54 Å². The van der Waals surface area contributed by atoms with Gasteiger partial charge in [0.2, 0.25) is 11.8 Å². The first-order valence-electron chi connectivity index (χ1n) is 5.10. The maximum Gasteiger partial charge on any atom is 0.248 e. The van der Waals surface area contributed by atoms with Crippen molar-refractivity contribution in [2.24, 2.45) is 0 Å². The molecule has 0 atom stereocenters. The molecule has 4 nitrogen and oxygen atoms in total. The van der Waals surface area contributed by atoms with Gasteiger partial charge in [-0.25, -0.2) is 0 Å². The van der Waals surface area contributed by atoms with Gasteiger partial charge in [-0.1, -0.05) is 0 Å². The molecular weight excluding hydrogens is 224 g/mol. The van der Waals surface area contributed by atoms with Crippen LogP contribution < -0.4 is 5.32 Å². The molecule has 1 fully saturated rings. The minimum absolute atomic E-state index is 0.0294. The van der Waals surface area contributed by atoms with E-state index in [-0.39, 0.29) is 18.4 Å². The molecule has 1 aliphatic rings. The lowest BCUT2D eigenvalue weighted by Gasteiger charge is -2.37. The topological polar surface area (TPSA) is 49.4 Å². The minimum Gasteiger partial charge on any atom is -0.341 e. The Bertz CT molecular complexity index is 412. The first kappa shape index (κ1) is 11.1. The van der Waals surface area contributed by atoms with Gasteiger partial charge in [0.15, 0.2) is 0 Å². The molecule has 0 aromatic carbocycles. The highest BCUT2D eigenvalue weighted by Crippen LogP contribution is 2.17. The summed E-state index contributed by atoms with van der Waals surface area (Å²) >= 11 is 1.59. The minimum atomic E-state index is -0.786. The molecule has 0 spiro atoms. The number of nitrogens with one attached hydrogen (secondary N) is 1. The van der Waals surface area contributed by atoms with E-state index >= 15 is 0 Å². The van der Waals surface area contributed by atoms with Gasteiger partial charge in [0.05, 0.1) is 6.54 Å². The molecule has 0 aliphatic carbocycles. The lowest BCUT2D eigenvalue weighted by atomic mass is 10.0. The first-order chi connectivity index (χ1) is 7.49. The molecule has 2 heterocycles. The number of amides is 2. The largest absolute Gasteiger partial charge is 0.341 e. The maximum atomic E-state index is 12.0. The maximum absolute atomic E-state index is 12.0. The number of carbonyl (C=O) groups is 2. The van der Waals surface area contributed by atoms with E-state index in [9.17, 15) is 9.59 Å². The highest BCUT2D eigenvalue weighted by molar-refractivity contribution is 7.07. The van der Waals surface area contributed by atoms with Crippen LogP contribution in [0.1, 0.15) is 19.4 Å². The van der Waals surface area contributed by atoms with Gasteiger partial charge < -0.3 is 10.2 Å². The highest BCUT2D eigenvalue weighted by Gasteiger charge is 2.38. The lowest BCUT2D eigenvalue weighted by molar-refractivity contribution is -0.148. The molecule has 1 aliphatic heterocycles. The summed E-state index contributed by atoms with van der Waals surface area (Å²) in [6, 6.07) is 1.97. The Morgan fingerprint density at radius 3 is 2.88 bits per heavy atom. The fraction of sp³-hybridized carbons (Fsp3) is 0.455. The van der Waals surface area contributed by atoms with E-state index in [1.165, 1.54) is 0 Å². The van der Waals surface area contributed by atoms with Gasteiger partial charge in [0, 0.05) is 6.54 Å². The fourth-order valence-corrected chi connectivity index (χ4v) is 2.47. The SMILES string of the molecule is CC1(C)NC(=O)CN(Cc2ccsc2)C1=O. The summed E-state index contributed by atoms with van der Waals surface area (Å²) in [5.74, 6) is -0.127. The number of piperazine rings is 1. The Labute approximate surface area is 98.3 Å². The van der Waals surface area contributed by atoms with Crippen molar-refractivity contribution in [1.29, 1.82) is 0 Å². The molecule has 2 amide bonds. The van der Waals surface area contributed by atoms with Gasteiger partial charge in [0.1, 0.15) is 5.54 Å². The third-order valence-corrected chi connectivity index (χ3v) is 3.29. The quantitative estimate of drug-likeness (QED) is 0.835. The van der Waals surface area contributed by atoms with E-state index in [4.69, 9.17) is 0 Å². The Balaban J connectivity index is 2.14. The Hall–Kier alpha value is -1.36. The lowest BCUT2D eigenvalue weighted by Crippen LogP contribution is -2.63. The second-order valence-corrected chi connectivity index (χ2v) is 5.25. The summed E-state index contributed by atoms with van der Waals surface area (Å²) in [6.07, 6.45) is 0. The normalized spacial score (nSPS) is 19.8. The van der Waals surface area contributed by atoms with Crippen LogP contribution in [0.15, 0.2) is 16.8 Å². The number of rotatable bonds is 2. The molecule has 1 aromatic heterocycles. The summed E-state index contributed by atoms with van der Waals surface area (Å²) in [6.45, 7) is 4.12. The zero-order valence-corrected chi connectivity index (χ0v) is 10.1. The Morgan fingerprint density at radius 2 is 2.25 bits per heavy atom. The summed E-state index contributed by atoms with van der Waals surface area (Å²) < 4.78 is 0. The molecule has 0 saturated carbocycles. The zero-order valence-electron chi connectivity index (χ0n) is 9.32. The second kappa shape index (κ2) is 3.90. The Kier molecular flexibility index (Phi) is 2.71. The molecule has 2 rings (SSSR count). The van der Waals surface area contributed by atoms with Crippen LogP contribution in [0.2, 0.25) is 0 Å². The molecule has 86 valence electrons. The van der Waals surface area contributed by atoms with Crippen molar-refractivity contribution in [2.75, 3.05) is 6.54 Å². The third-order valence-electron chi connectivity index (χ3n) is 2.56. The summed E-state index contributed by atoms with van der Waals surface area (Å²) in [5, 5.41) is 6.65. The van der Waals surface area contributed by atoms with Crippen LogP contribution in [0.3, 0.4) is 0 Å². The molecular formula is C11H14N2O2S. The van der Waals surface area contributed by atoms with Gasteiger partial charge >= 0.3 is 0 Å². The van der Waals surface area contributed by atoms with Crippen molar-refractivity contribution in [2.45, 2.75) is 25.9 Å². The zero-order chi connectivity index (χ0) is 11.8. The van der Waals surface area contributed by atoms with Crippen molar-refractivity contribution in [3.63, 3.8) is 0 Å². The van der Waals surface area contributed by atoms with Crippen LogP contribution in [0.5, 0.6) is 0 Å². The fourth-order valence-electron chi connectivity index (χ4n) is 1.81. The molecule has 0 bridgehead atoms. The van der Waals surface area contributed by atoms with E-state index in [2.05, 4.69) is 5.32 Å². The van der Waals surface area contributed by atoms with Crippen LogP contribution in [-0.2, 0) is 16.1 Å². The van der Waals surface area contributed by atoms with Crippen LogP contribution in [0, 0.1) is 0 Å². The van der Waals surface area contributed by atoms with Crippen molar-refractivity contribution in [1.82, 2.24) is 10.2 Å². The van der Waals surface area contributed by atoms with Crippen LogP contribution >= 0.6 is 11.3 Å². The van der Waals surface area contributed by atoms with Gasteiger partial charge in [0.25, 0.3) is 0 Å². The van der Waals surface area contributed by atoms with Crippen LogP contribution in [0.25, 0.3) is 0 Å². The molecule has 1 N–H and O–H groups in total. The number of hydrogen-bond acceptors (Lipinski definition) is 3. The van der Waals surface area contributed by atoms with E-state index < -0.39 is 5.54 Å². The Morgan fingerprint density at radius 1 is 1.50 bits per heavy atom. The van der Waals surface area contributed by atoms with Gasteiger partial charge in [-0.05, 0) is 36.2 Å². The van der Waals surface area contributed by atoms with E-state index in [0.717, 1.165) is 5.56 Å². The molecule has 16 heavy (non-hydrogen) atoms. The van der Waals surface area contributed by atoms with E-state index in [1.54, 1.807) is 30.1 Å². The van der Waals surface area contributed by atoms with Gasteiger partial charge in [-0.3, -0.25) is 9.59 Å². The second-order valence-electron chi connectivity index (χ2n) is 4.47. The van der Waals surface area contributed by atoms with Crippen molar-refractivity contribution >= 4 is 23.2 Å². The van der Waals surface area contributed by atoms with Gasteiger partial charge in [-0.15, -0.1) is 0 Å². The predicted octanol–water partition coefficient (Wildman–Crippen LogP) is 0.985. The average molecular weight is 238 g/mol. The molecule has 0 unspecified atom stereocenters.